The molecule has 1 heterocycles. The fourth-order valence-electron chi connectivity index (χ4n) is 2.52. The first kappa shape index (κ1) is 16.8. The summed E-state index contributed by atoms with van der Waals surface area (Å²) in [5.74, 6) is -3.23. The molecule has 0 aliphatic heterocycles. The number of benzene rings is 1. The third kappa shape index (κ3) is 2.77. The molecule has 2 aromatic rings. The lowest BCUT2D eigenvalue weighted by atomic mass is 10.2. The minimum absolute atomic E-state index is 0.0136. The van der Waals surface area contributed by atoms with Crippen LogP contribution in [0, 0.1) is 11.3 Å². The van der Waals surface area contributed by atoms with E-state index in [1.54, 1.807) is 12.1 Å². The van der Waals surface area contributed by atoms with Crippen LogP contribution in [0.15, 0.2) is 28.5 Å². The highest BCUT2D eigenvalue weighted by molar-refractivity contribution is 7.92. The van der Waals surface area contributed by atoms with E-state index < -0.39 is 28.3 Å². The molecule has 9 heteroatoms. The fraction of sp³-hybridized carbons (Fsp3) is 0.267. The third-order valence-electron chi connectivity index (χ3n) is 3.57. The van der Waals surface area contributed by atoms with E-state index in [0.717, 1.165) is 6.26 Å². The Hall–Kier alpha value is -2.02. The maximum absolute atomic E-state index is 13.8. The molecule has 0 unspecified atom stereocenters. The average Bonchev–Trinajstić information content (AvgIpc) is 2.95. The van der Waals surface area contributed by atoms with Crippen molar-refractivity contribution in [2.24, 2.45) is 0 Å². The van der Waals surface area contributed by atoms with Crippen molar-refractivity contribution in [2.75, 3.05) is 6.26 Å². The summed E-state index contributed by atoms with van der Waals surface area (Å²) in [7, 11) is -3.80. The Labute approximate surface area is 140 Å². The van der Waals surface area contributed by atoms with E-state index in [2.05, 4.69) is 0 Å². The van der Waals surface area contributed by atoms with Gasteiger partial charge in [0.1, 0.15) is 16.1 Å². The van der Waals surface area contributed by atoms with Gasteiger partial charge < -0.3 is 9.84 Å². The van der Waals surface area contributed by atoms with Gasteiger partial charge in [0.2, 0.25) is 0 Å². The van der Waals surface area contributed by atoms with Gasteiger partial charge in [-0.3, -0.25) is 0 Å². The zero-order chi connectivity index (χ0) is 17.7. The first-order valence-corrected chi connectivity index (χ1v) is 9.44. The van der Waals surface area contributed by atoms with Crippen LogP contribution in [-0.2, 0) is 16.3 Å². The van der Waals surface area contributed by atoms with Crippen LogP contribution in [-0.4, -0.2) is 25.7 Å². The number of hydrogen-bond donors (Lipinski definition) is 1. The lowest BCUT2D eigenvalue weighted by Gasteiger charge is -2.14. The molecule has 1 aromatic carbocycles. The summed E-state index contributed by atoms with van der Waals surface area (Å²) in [6.45, 7) is 0. The van der Waals surface area contributed by atoms with Crippen LogP contribution in [0.2, 0.25) is 0 Å². The summed E-state index contributed by atoms with van der Waals surface area (Å²) in [4.78, 5) is 0. The van der Waals surface area contributed by atoms with Gasteiger partial charge in [0, 0.05) is 23.8 Å². The fourth-order valence-corrected chi connectivity index (χ4v) is 4.94. The summed E-state index contributed by atoms with van der Waals surface area (Å²) in [5, 5.41) is 18.7. The number of aliphatic hydroxyl groups excluding tert-OH is 1. The Morgan fingerprint density at radius 2 is 2.17 bits per heavy atom. The number of alkyl halides is 2. The molecule has 1 aliphatic rings. The molecule has 0 bridgehead atoms. The van der Waals surface area contributed by atoms with E-state index in [-0.39, 0.29) is 26.1 Å². The summed E-state index contributed by atoms with van der Waals surface area (Å²) in [5.41, 5.74) is 0.00799. The van der Waals surface area contributed by atoms with E-state index in [4.69, 9.17) is 10.00 Å². The first-order chi connectivity index (χ1) is 11.1. The molecule has 0 radical (unpaired) electrons. The zero-order valence-electron chi connectivity index (χ0n) is 12.3. The number of hydrogen-bond acceptors (Lipinski definition) is 6. The van der Waals surface area contributed by atoms with Crippen LogP contribution >= 0.6 is 11.3 Å². The van der Waals surface area contributed by atoms with Crippen molar-refractivity contribution in [3.05, 3.63) is 41.0 Å². The van der Waals surface area contributed by atoms with Crippen LogP contribution in [0.1, 0.15) is 22.8 Å². The Morgan fingerprint density at radius 3 is 2.79 bits per heavy atom. The minimum Gasteiger partial charge on any atom is -0.446 e. The number of rotatable bonds is 3. The maximum atomic E-state index is 13.8. The largest absolute Gasteiger partial charge is 0.446 e. The number of aliphatic hydroxyl groups is 1. The van der Waals surface area contributed by atoms with Crippen molar-refractivity contribution in [3.63, 3.8) is 0 Å². The maximum Gasteiger partial charge on any atom is 0.281 e. The number of sulfone groups is 1. The molecule has 0 saturated heterocycles. The van der Waals surface area contributed by atoms with E-state index >= 15 is 0 Å². The monoisotopic (exact) mass is 371 g/mol. The number of ether oxygens (including phenoxy) is 1. The predicted molar refractivity (Wildman–Crippen MR) is 82.3 cm³/mol. The second-order valence-electron chi connectivity index (χ2n) is 5.42. The van der Waals surface area contributed by atoms with Crippen molar-refractivity contribution in [3.8, 4) is 16.9 Å². The Kier molecular flexibility index (Phi) is 3.86. The highest BCUT2D eigenvalue weighted by Gasteiger charge is 2.52. The van der Waals surface area contributed by atoms with Gasteiger partial charge in [0.05, 0.1) is 11.6 Å². The van der Waals surface area contributed by atoms with Crippen molar-refractivity contribution in [1.29, 1.82) is 5.26 Å². The average molecular weight is 371 g/mol. The van der Waals surface area contributed by atoms with E-state index in [9.17, 15) is 22.3 Å². The SMILES string of the molecule is CS(=O)(=O)c1sc(Oc2cccc(C#N)c2)c2c1[C@H](O)C(F)(F)C2. The van der Waals surface area contributed by atoms with Crippen molar-refractivity contribution in [2.45, 2.75) is 22.7 Å². The van der Waals surface area contributed by atoms with Gasteiger partial charge in [-0.1, -0.05) is 17.4 Å². The Balaban J connectivity index is 2.11. The quantitative estimate of drug-likeness (QED) is 0.896. The van der Waals surface area contributed by atoms with Crippen LogP contribution in [0.4, 0.5) is 8.78 Å². The minimum atomic E-state index is -3.80. The van der Waals surface area contributed by atoms with E-state index in [1.165, 1.54) is 12.1 Å². The first-order valence-electron chi connectivity index (χ1n) is 6.73. The lowest BCUT2D eigenvalue weighted by Crippen LogP contribution is -2.22. The van der Waals surface area contributed by atoms with Gasteiger partial charge in [0.25, 0.3) is 5.92 Å². The van der Waals surface area contributed by atoms with E-state index in [0.29, 0.717) is 16.9 Å². The molecule has 1 aliphatic carbocycles. The number of nitriles is 1. The van der Waals surface area contributed by atoms with Crippen LogP contribution in [0.25, 0.3) is 0 Å². The number of thiophene rings is 1. The molecule has 0 amide bonds. The molecule has 0 saturated carbocycles. The zero-order valence-corrected chi connectivity index (χ0v) is 13.9. The van der Waals surface area contributed by atoms with Gasteiger partial charge >= 0.3 is 0 Å². The Bertz CT molecular complexity index is 960. The van der Waals surface area contributed by atoms with Crippen LogP contribution < -0.4 is 4.74 Å². The predicted octanol–water partition coefficient (Wildman–Crippen LogP) is 3.04. The number of halogens is 2. The second kappa shape index (κ2) is 5.51. The summed E-state index contributed by atoms with van der Waals surface area (Å²) < 4.78 is 56.6. The molecular weight excluding hydrogens is 360 g/mol. The highest BCUT2D eigenvalue weighted by atomic mass is 32.2. The summed E-state index contributed by atoms with van der Waals surface area (Å²) in [6, 6.07) is 7.96. The summed E-state index contributed by atoms with van der Waals surface area (Å²) >= 11 is 0.695. The Morgan fingerprint density at radius 1 is 1.46 bits per heavy atom. The molecule has 1 atom stereocenters. The normalized spacial score (nSPS) is 18.9. The number of fused-ring (bicyclic) bond motifs is 1. The van der Waals surface area contributed by atoms with Crippen LogP contribution in [0.5, 0.6) is 10.8 Å². The third-order valence-corrected chi connectivity index (χ3v) is 6.55. The molecule has 1 N–H and O–H groups in total. The van der Waals surface area contributed by atoms with Crippen LogP contribution in [0.3, 0.4) is 0 Å². The van der Waals surface area contributed by atoms with Gasteiger partial charge in [-0.05, 0) is 18.2 Å². The summed E-state index contributed by atoms with van der Waals surface area (Å²) in [6.07, 6.45) is -2.10. The smallest absolute Gasteiger partial charge is 0.281 e. The molecule has 0 fully saturated rings. The lowest BCUT2D eigenvalue weighted by molar-refractivity contribution is -0.0976. The molecular formula is C15H11F2NO4S2. The molecule has 126 valence electrons. The van der Waals surface area contributed by atoms with E-state index in [1.807, 2.05) is 6.07 Å². The topological polar surface area (TPSA) is 87.4 Å². The second-order valence-corrected chi connectivity index (χ2v) is 8.62. The van der Waals surface area contributed by atoms with Gasteiger partial charge in [-0.25, -0.2) is 17.2 Å². The highest BCUT2D eigenvalue weighted by Crippen LogP contribution is 2.54. The molecule has 24 heavy (non-hydrogen) atoms. The van der Waals surface area contributed by atoms with Crippen molar-refractivity contribution in [1.82, 2.24) is 0 Å². The molecule has 0 spiro atoms. The van der Waals surface area contributed by atoms with Gasteiger partial charge in [0.15, 0.2) is 14.9 Å². The number of nitrogens with zero attached hydrogens (tertiary/aromatic N) is 1. The van der Waals surface area contributed by atoms with Crippen molar-refractivity contribution < 1.29 is 27.0 Å². The van der Waals surface area contributed by atoms with Gasteiger partial charge in [-0.15, -0.1) is 0 Å². The standard InChI is InChI=1S/C15H11F2NO4S2/c1-24(20,21)14-11-10(6-15(16,17)12(11)19)13(23-14)22-9-4-2-3-8(5-9)7-18/h2-5,12,19H,6H2,1H3/t12-/m0/s1. The molecule has 1 aromatic heterocycles. The van der Waals surface area contributed by atoms with Crippen molar-refractivity contribution >= 4 is 21.2 Å². The van der Waals surface area contributed by atoms with Gasteiger partial charge in [-0.2, -0.15) is 5.26 Å². The molecule has 3 rings (SSSR count). The molecule has 5 nitrogen and oxygen atoms in total.